The Morgan fingerprint density at radius 3 is 2.75 bits per heavy atom. The van der Waals surface area contributed by atoms with Gasteiger partial charge in [-0.2, -0.15) is 0 Å². The van der Waals surface area contributed by atoms with Gasteiger partial charge in [0.25, 0.3) is 0 Å². The highest BCUT2D eigenvalue weighted by Crippen LogP contribution is 2.12. The van der Waals surface area contributed by atoms with Crippen molar-refractivity contribution >= 4 is 5.82 Å². The van der Waals surface area contributed by atoms with Crippen molar-refractivity contribution in [2.24, 2.45) is 5.92 Å². The van der Waals surface area contributed by atoms with Crippen LogP contribution in [-0.4, -0.2) is 23.2 Å². The second-order valence-electron chi connectivity index (χ2n) is 4.27. The highest BCUT2D eigenvalue weighted by atomic mass is 16.3. The quantitative estimate of drug-likeness (QED) is 0.745. The van der Waals surface area contributed by atoms with Gasteiger partial charge < -0.3 is 10.4 Å². The molecular weight excluding hydrogens is 200 g/mol. The van der Waals surface area contributed by atoms with Crippen LogP contribution in [0.15, 0.2) is 18.3 Å². The lowest BCUT2D eigenvalue weighted by atomic mass is 10.0. The van der Waals surface area contributed by atoms with Crippen molar-refractivity contribution in [3.63, 3.8) is 0 Å². The van der Waals surface area contributed by atoms with E-state index >= 15 is 0 Å². The number of aryl methyl sites for hydroxylation is 1. The zero-order chi connectivity index (χ0) is 11.8. The predicted molar refractivity (Wildman–Crippen MR) is 67.6 cm³/mol. The van der Waals surface area contributed by atoms with Crippen molar-refractivity contribution in [2.75, 3.05) is 18.5 Å². The Morgan fingerprint density at radius 1 is 1.38 bits per heavy atom. The standard InChI is InChI=1S/C13H22N2O/c1-3-4-12(7-8-16)10-15-13-6-5-11(2)9-14-13/h5-6,9,12,16H,3-4,7-8,10H2,1-2H3,(H,14,15). The molecule has 2 N–H and O–H groups in total. The van der Waals surface area contributed by atoms with Gasteiger partial charge in [-0.05, 0) is 37.3 Å². The van der Waals surface area contributed by atoms with Crippen LogP contribution in [0, 0.1) is 12.8 Å². The monoisotopic (exact) mass is 222 g/mol. The first-order valence-corrected chi connectivity index (χ1v) is 6.03. The third-order valence-corrected chi connectivity index (χ3v) is 2.72. The molecule has 0 aliphatic rings. The molecule has 0 fully saturated rings. The van der Waals surface area contributed by atoms with E-state index in [2.05, 4.69) is 23.3 Å². The third-order valence-electron chi connectivity index (χ3n) is 2.72. The third kappa shape index (κ3) is 4.62. The van der Waals surface area contributed by atoms with Crippen molar-refractivity contribution < 1.29 is 5.11 Å². The number of pyridine rings is 1. The van der Waals surface area contributed by atoms with Crippen LogP contribution in [-0.2, 0) is 0 Å². The fourth-order valence-corrected chi connectivity index (χ4v) is 1.76. The molecule has 0 amide bonds. The zero-order valence-corrected chi connectivity index (χ0v) is 10.2. The Balaban J connectivity index is 2.38. The Labute approximate surface area is 97.9 Å². The molecule has 0 aliphatic heterocycles. The average molecular weight is 222 g/mol. The topological polar surface area (TPSA) is 45.1 Å². The van der Waals surface area contributed by atoms with E-state index in [1.165, 1.54) is 5.56 Å². The lowest BCUT2D eigenvalue weighted by molar-refractivity contribution is 0.255. The number of hydrogen-bond donors (Lipinski definition) is 2. The minimum Gasteiger partial charge on any atom is -0.396 e. The number of nitrogens with zero attached hydrogens (tertiary/aromatic N) is 1. The summed E-state index contributed by atoms with van der Waals surface area (Å²) in [6, 6.07) is 4.05. The van der Waals surface area contributed by atoms with E-state index in [1.54, 1.807) is 0 Å². The van der Waals surface area contributed by atoms with E-state index in [9.17, 15) is 0 Å². The molecule has 1 unspecified atom stereocenters. The number of hydrogen-bond acceptors (Lipinski definition) is 3. The van der Waals surface area contributed by atoms with E-state index < -0.39 is 0 Å². The molecule has 0 radical (unpaired) electrons. The Kier molecular flexibility index (Phi) is 5.86. The van der Waals surface area contributed by atoms with Crippen molar-refractivity contribution in [3.8, 4) is 0 Å². The van der Waals surface area contributed by atoms with Gasteiger partial charge in [0.2, 0.25) is 0 Å². The van der Waals surface area contributed by atoms with Crippen molar-refractivity contribution in [1.29, 1.82) is 0 Å². The maximum absolute atomic E-state index is 8.95. The molecule has 0 saturated heterocycles. The van der Waals surface area contributed by atoms with Crippen molar-refractivity contribution in [2.45, 2.75) is 33.1 Å². The molecule has 90 valence electrons. The average Bonchev–Trinajstić information content (AvgIpc) is 2.29. The van der Waals surface area contributed by atoms with Gasteiger partial charge in [-0.25, -0.2) is 4.98 Å². The maximum atomic E-state index is 8.95. The van der Waals surface area contributed by atoms with Crippen LogP contribution < -0.4 is 5.32 Å². The van der Waals surface area contributed by atoms with E-state index in [1.807, 2.05) is 19.2 Å². The molecule has 1 aromatic rings. The minimum atomic E-state index is 0.272. The molecule has 1 heterocycles. The van der Waals surface area contributed by atoms with Gasteiger partial charge in [0.1, 0.15) is 5.82 Å². The molecule has 1 rings (SSSR count). The Bertz CT molecular complexity index is 278. The first kappa shape index (κ1) is 13.0. The molecule has 16 heavy (non-hydrogen) atoms. The van der Waals surface area contributed by atoms with Gasteiger partial charge in [0.05, 0.1) is 0 Å². The molecule has 1 atom stereocenters. The highest BCUT2D eigenvalue weighted by molar-refractivity contribution is 5.35. The van der Waals surface area contributed by atoms with Gasteiger partial charge in [-0.15, -0.1) is 0 Å². The lowest BCUT2D eigenvalue weighted by Crippen LogP contribution is -2.16. The summed E-state index contributed by atoms with van der Waals surface area (Å²) in [6.07, 6.45) is 5.04. The van der Waals surface area contributed by atoms with Crippen LogP contribution in [0.1, 0.15) is 31.7 Å². The summed E-state index contributed by atoms with van der Waals surface area (Å²) in [5, 5.41) is 12.3. The number of aromatic nitrogens is 1. The van der Waals surface area contributed by atoms with Crippen LogP contribution >= 0.6 is 0 Å². The van der Waals surface area contributed by atoms with E-state index in [0.29, 0.717) is 5.92 Å². The zero-order valence-electron chi connectivity index (χ0n) is 10.2. The van der Waals surface area contributed by atoms with Gasteiger partial charge >= 0.3 is 0 Å². The SMILES string of the molecule is CCCC(CCO)CNc1ccc(C)cn1. The van der Waals surface area contributed by atoms with Gasteiger partial charge in [-0.3, -0.25) is 0 Å². The normalized spacial score (nSPS) is 12.4. The van der Waals surface area contributed by atoms with Crippen LogP contribution in [0.3, 0.4) is 0 Å². The molecule has 3 heteroatoms. The predicted octanol–water partition coefficient (Wildman–Crippen LogP) is 2.60. The number of aliphatic hydroxyl groups excluding tert-OH is 1. The summed E-state index contributed by atoms with van der Waals surface area (Å²) in [6.45, 7) is 5.37. The second-order valence-corrected chi connectivity index (χ2v) is 4.27. The summed E-state index contributed by atoms with van der Waals surface area (Å²) in [4.78, 5) is 4.30. The van der Waals surface area contributed by atoms with Gasteiger partial charge in [0, 0.05) is 19.3 Å². The molecule has 1 aromatic heterocycles. The summed E-state index contributed by atoms with van der Waals surface area (Å²) in [5.41, 5.74) is 1.17. The molecule has 0 aromatic carbocycles. The van der Waals surface area contributed by atoms with Crippen LogP contribution in [0.2, 0.25) is 0 Å². The first-order valence-electron chi connectivity index (χ1n) is 6.03. The largest absolute Gasteiger partial charge is 0.396 e. The summed E-state index contributed by atoms with van der Waals surface area (Å²) in [5.74, 6) is 1.46. The summed E-state index contributed by atoms with van der Waals surface area (Å²) < 4.78 is 0. The maximum Gasteiger partial charge on any atom is 0.125 e. The van der Waals surface area contributed by atoms with E-state index in [4.69, 9.17) is 5.11 Å². The van der Waals surface area contributed by atoms with Gasteiger partial charge in [0.15, 0.2) is 0 Å². The smallest absolute Gasteiger partial charge is 0.125 e. The number of aliphatic hydroxyl groups is 1. The molecule has 3 nitrogen and oxygen atoms in total. The van der Waals surface area contributed by atoms with E-state index in [0.717, 1.165) is 31.6 Å². The molecule has 0 aliphatic carbocycles. The molecule has 0 saturated carbocycles. The van der Waals surface area contributed by atoms with Gasteiger partial charge in [-0.1, -0.05) is 19.4 Å². The number of rotatable bonds is 7. The van der Waals surface area contributed by atoms with E-state index in [-0.39, 0.29) is 6.61 Å². The van der Waals surface area contributed by atoms with Crippen LogP contribution in [0.4, 0.5) is 5.82 Å². The Morgan fingerprint density at radius 2 is 2.19 bits per heavy atom. The van der Waals surface area contributed by atoms with Crippen LogP contribution in [0.25, 0.3) is 0 Å². The minimum absolute atomic E-state index is 0.272. The summed E-state index contributed by atoms with van der Waals surface area (Å²) in [7, 11) is 0. The second kappa shape index (κ2) is 7.23. The molecular formula is C13H22N2O. The summed E-state index contributed by atoms with van der Waals surface area (Å²) >= 11 is 0. The number of nitrogens with one attached hydrogen (secondary N) is 1. The van der Waals surface area contributed by atoms with Crippen molar-refractivity contribution in [1.82, 2.24) is 4.98 Å². The number of anilines is 1. The Hall–Kier alpha value is -1.09. The molecule has 0 bridgehead atoms. The molecule has 0 spiro atoms. The lowest BCUT2D eigenvalue weighted by Gasteiger charge is -2.15. The fraction of sp³-hybridized carbons (Fsp3) is 0.615. The van der Waals surface area contributed by atoms with Crippen molar-refractivity contribution in [3.05, 3.63) is 23.9 Å². The first-order chi connectivity index (χ1) is 7.76. The van der Waals surface area contributed by atoms with Crippen LogP contribution in [0.5, 0.6) is 0 Å². The highest BCUT2D eigenvalue weighted by Gasteiger charge is 2.06. The fourth-order valence-electron chi connectivity index (χ4n) is 1.76.